The van der Waals surface area contributed by atoms with Gasteiger partial charge in [0, 0.05) is 5.39 Å². The monoisotopic (exact) mass is 405 g/mol. The Hall–Kier alpha value is -3.46. The van der Waals surface area contributed by atoms with E-state index in [1.54, 1.807) is 0 Å². The minimum atomic E-state index is 0.588. The number of benzene rings is 4. The van der Waals surface area contributed by atoms with Crippen LogP contribution in [0.2, 0.25) is 0 Å². The Labute approximate surface area is 181 Å². The van der Waals surface area contributed by atoms with Crippen LogP contribution in [0, 0.1) is 12.8 Å². The lowest BCUT2D eigenvalue weighted by molar-refractivity contribution is -0.662. The standard InChI is InChI=1S/C28H25N2O/c1-16(2)12-18-9-7-11-21-22(18)14-24-26-27(21)29-15-30(4)28(26)25-17(3)20-10-6-5-8-19(20)13-23(25)31-24/h5-11,13-16H,12H2,1-4H3/q+1. The lowest BCUT2D eigenvalue weighted by Gasteiger charge is -2.23. The number of hydrogen-bond donors (Lipinski definition) is 0. The van der Waals surface area contributed by atoms with Crippen molar-refractivity contribution in [3.8, 4) is 22.8 Å². The van der Waals surface area contributed by atoms with E-state index in [0.717, 1.165) is 28.8 Å². The van der Waals surface area contributed by atoms with Crippen molar-refractivity contribution in [2.75, 3.05) is 0 Å². The van der Waals surface area contributed by atoms with Crippen molar-refractivity contribution in [3.63, 3.8) is 0 Å². The second-order valence-corrected chi connectivity index (χ2v) is 9.11. The van der Waals surface area contributed by atoms with E-state index in [-0.39, 0.29) is 0 Å². The fourth-order valence-corrected chi connectivity index (χ4v) is 5.18. The summed E-state index contributed by atoms with van der Waals surface area (Å²) in [5.41, 5.74) is 5.96. The van der Waals surface area contributed by atoms with Gasteiger partial charge in [0.05, 0.1) is 12.6 Å². The SMILES string of the molecule is Cc1c2c(cc3ccccc13)Oc1cc3c(CC(C)C)cccc3c3nc[n+](C)c-2c13. The van der Waals surface area contributed by atoms with Crippen molar-refractivity contribution >= 4 is 32.4 Å². The topological polar surface area (TPSA) is 26.0 Å². The Bertz CT molecular complexity index is 1530. The van der Waals surface area contributed by atoms with Gasteiger partial charge in [-0.05, 0) is 69.7 Å². The molecule has 2 heterocycles. The van der Waals surface area contributed by atoms with Gasteiger partial charge in [0.1, 0.15) is 16.9 Å². The van der Waals surface area contributed by atoms with Crippen molar-refractivity contribution in [2.24, 2.45) is 13.0 Å². The summed E-state index contributed by atoms with van der Waals surface area (Å²) in [6.07, 6.45) is 2.98. The van der Waals surface area contributed by atoms with Crippen LogP contribution in [0.5, 0.6) is 11.5 Å². The van der Waals surface area contributed by atoms with Gasteiger partial charge in [-0.15, -0.1) is 0 Å². The highest BCUT2D eigenvalue weighted by Crippen LogP contribution is 2.49. The van der Waals surface area contributed by atoms with Gasteiger partial charge < -0.3 is 4.74 Å². The summed E-state index contributed by atoms with van der Waals surface area (Å²) in [7, 11) is 2.08. The highest BCUT2D eigenvalue weighted by molar-refractivity contribution is 6.14. The molecule has 0 bridgehead atoms. The number of ether oxygens (including phenoxy) is 1. The molecule has 31 heavy (non-hydrogen) atoms. The van der Waals surface area contributed by atoms with Gasteiger partial charge in [-0.2, -0.15) is 0 Å². The first-order valence-corrected chi connectivity index (χ1v) is 11.0. The Kier molecular flexibility index (Phi) is 3.85. The molecule has 4 aromatic carbocycles. The summed E-state index contributed by atoms with van der Waals surface area (Å²) in [4.78, 5) is 4.88. The average molecular weight is 406 g/mol. The summed E-state index contributed by atoms with van der Waals surface area (Å²) in [6, 6.07) is 19.5. The molecular formula is C28H25N2O+. The van der Waals surface area contributed by atoms with Gasteiger partial charge in [-0.1, -0.05) is 50.2 Å². The Morgan fingerprint density at radius 1 is 0.935 bits per heavy atom. The van der Waals surface area contributed by atoms with Gasteiger partial charge in [-0.25, -0.2) is 4.57 Å². The van der Waals surface area contributed by atoms with Crippen molar-refractivity contribution < 1.29 is 9.30 Å². The molecule has 0 amide bonds. The second kappa shape index (κ2) is 6.52. The predicted molar refractivity (Wildman–Crippen MR) is 127 cm³/mol. The normalized spacial score (nSPS) is 12.5. The highest BCUT2D eigenvalue weighted by Gasteiger charge is 2.31. The minimum Gasteiger partial charge on any atom is -0.456 e. The third-order valence-electron chi connectivity index (χ3n) is 6.52. The van der Waals surface area contributed by atoms with E-state index in [9.17, 15) is 0 Å². The Balaban J connectivity index is 1.77. The van der Waals surface area contributed by atoms with Crippen LogP contribution in [0.25, 0.3) is 43.7 Å². The first-order valence-electron chi connectivity index (χ1n) is 11.0. The van der Waals surface area contributed by atoms with Crippen LogP contribution in [0.4, 0.5) is 0 Å². The third kappa shape index (κ3) is 2.59. The molecule has 152 valence electrons. The first kappa shape index (κ1) is 18.3. The molecular weight excluding hydrogens is 380 g/mol. The van der Waals surface area contributed by atoms with E-state index in [0.29, 0.717) is 5.92 Å². The Morgan fingerprint density at radius 3 is 2.58 bits per heavy atom. The smallest absolute Gasteiger partial charge is 0.287 e. The first-order chi connectivity index (χ1) is 15.0. The third-order valence-corrected chi connectivity index (χ3v) is 6.52. The van der Waals surface area contributed by atoms with Crippen molar-refractivity contribution in [3.05, 3.63) is 72.1 Å². The number of rotatable bonds is 2. The van der Waals surface area contributed by atoms with Crippen molar-refractivity contribution in [1.82, 2.24) is 4.98 Å². The van der Waals surface area contributed by atoms with Crippen LogP contribution in [0.1, 0.15) is 25.0 Å². The maximum Gasteiger partial charge on any atom is 0.287 e. The van der Waals surface area contributed by atoms with Crippen LogP contribution >= 0.6 is 0 Å². The zero-order valence-electron chi connectivity index (χ0n) is 18.4. The van der Waals surface area contributed by atoms with Gasteiger partial charge >= 0.3 is 0 Å². The summed E-state index contributed by atoms with van der Waals surface area (Å²) in [5, 5.41) is 6.01. The van der Waals surface area contributed by atoms with E-state index in [1.807, 2.05) is 6.33 Å². The molecule has 3 heteroatoms. The summed E-state index contributed by atoms with van der Waals surface area (Å²) < 4.78 is 8.75. The molecule has 1 aliphatic rings. The number of nitrogens with zero attached hydrogens (tertiary/aromatic N) is 2. The van der Waals surface area contributed by atoms with Crippen LogP contribution in [-0.4, -0.2) is 4.98 Å². The van der Waals surface area contributed by atoms with Crippen LogP contribution in [0.3, 0.4) is 0 Å². The number of aryl methyl sites for hydroxylation is 2. The van der Waals surface area contributed by atoms with Crippen LogP contribution < -0.4 is 9.30 Å². The van der Waals surface area contributed by atoms with E-state index in [1.165, 1.54) is 43.9 Å². The van der Waals surface area contributed by atoms with Gasteiger partial charge in [0.25, 0.3) is 6.33 Å². The summed E-state index contributed by atoms with van der Waals surface area (Å²) in [5.74, 6) is 2.41. The molecule has 0 spiro atoms. The van der Waals surface area contributed by atoms with E-state index >= 15 is 0 Å². The maximum atomic E-state index is 6.61. The Morgan fingerprint density at radius 2 is 1.74 bits per heavy atom. The van der Waals surface area contributed by atoms with Gasteiger partial charge in [0.15, 0.2) is 11.2 Å². The molecule has 0 radical (unpaired) electrons. The van der Waals surface area contributed by atoms with Crippen LogP contribution in [-0.2, 0) is 13.5 Å². The molecule has 0 unspecified atom stereocenters. The number of aromatic nitrogens is 2. The van der Waals surface area contributed by atoms with Gasteiger partial charge in [-0.3, -0.25) is 0 Å². The van der Waals surface area contributed by atoms with Crippen LogP contribution in [0.15, 0.2) is 60.9 Å². The predicted octanol–water partition coefficient (Wildman–Crippen LogP) is 6.65. The van der Waals surface area contributed by atoms with E-state index in [2.05, 4.69) is 87.0 Å². The molecule has 0 saturated carbocycles. The van der Waals surface area contributed by atoms with Crippen molar-refractivity contribution in [1.29, 1.82) is 0 Å². The molecule has 0 N–H and O–H groups in total. The molecule has 5 aromatic rings. The summed E-state index contributed by atoms with van der Waals surface area (Å²) in [6.45, 7) is 6.73. The zero-order valence-corrected chi connectivity index (χ0v) is 18.4. The molecule has 1 aliphatic heterocycles. The number of hydrogen-bond acceptors (Lipinski definition) is 2. The fourth-order valence-electron chi connectivity index (χ4n) is 5.18. The second-order valence-electron chi connectivity index (χ2n) is 9.11. The van der Waals surface area contributed by atoms with E-state index < -0.39 is 0 Å². The van der Waals surface area contributed by atoms with E-state index in [4.69, 9.17) is 9.72 Å². The fraction of sp³-hybridized carbons (Fsp3) is 0.214. The number of fused-ring (bicyclic) bond motifs is 5. The van der Waals surface area contributed by atoms with Gasteiger partial charge in [0.2, 0.25) is 0 Å². The maximum absolute atomic E-state index is 6.61. The quantitative estimate of drug-likeness (QED) is 0.238. The molecule has 0 saturated heterocycles. The molecule has 0 fully saturated rings. The molecule has 6 rings (SSSR count). The molecule has 1 aromatic heterocycles. The van der Waals surface area contributed by atoms with Crippen molar-refractivity contribution in [2.45, 2.75) is 27.2 Å². The zero-order chi connectivity index (χ0) is 21.3. The summed E-state index contributed by atoms with van der Waals surface area (Å²) >= 11 is 0. The molecule has 0 atom stereocenters. The molecule has 3 nitrogen and oxygen atoms in total. The largest absolute Gasteiger partial charge is 0.456 e. The minimum absolute atomic E-state index is 0.588. The highest BCUT2D eigenvalue weighted by atomic mass is 16.5. The lowest BCUT2D eigenvalue weighted by Crippen LogP contribution is -2.32. The molecule has 0 aliphatic carbocycles. The average Bonchev–Trinajstić information content (AvgIpc) is 2.75. The lowest BCUT2D eigenvalue weighted by atomic mass is 9.90.